The number of Topliss-reactive ketones (excluding diaryl/α,β-unsaturated/α-hetero) is 1. The topological polar surface area (TPSA) is 70.0 Å². The molecule has 1 aromatic rings. The second-order valence-electron chi connectivity index (χ2n) is 4.68. The van der Waals surface area contributed by atoms with E-state index in [9.17, 15) is 9.59 Å². The molecule has 1 aromatic carbocycles. The first kappa shape index (κ1) is 17.3. The molecule has 1 atom stereocenters. The third-order valence-electron chi connectivity index (χ3n) is 3.00. The van der Waals surface area contributed by atoms with Crippen LogP contribution in [0.4, 0.5) is 0 Å². The Morgan fingerprint density at radius 1 is 1.33 bits per heavy atom. The Hall–Kier alpha value is -1.80. The normalized spacial score (nSPS) is 11.5. The number of ketones is 1. The molecule has 1 rings (SSSR count). The molecule has 1 amide bonds. The van der Waals surface area contributed by atoms with Crippen LogP contribution in [0.25, 0.3) is 0 Å². The van der Waals surface area contributed by atoms with Gasteiger partial charge in [0.1, 0.15) is 0 Å². The van der Waals surface area contributed by atoms with Crippen molar-refractivity contribution < 1.29 is 9.59 Å². The molecule has 0 radical (unpaired) electrons. The lowest BCUT2D eigenvalue weighted by molar-refractivity contribution is -0.131. The molecule has 0 spiro atoms. The van der Waals surface area contributed by atoms with E-state index in [1.807, 2.05) is 38.1 Å². The van der Waals surface area contributed by atoms with E-state index in [4.69, 9.17) is 5.26 Å². The predicted molar refractivity (Wildman–Crippen MR) is 84.8 cm³/mol. The second kappa shape index (κ2) is 9.19. The van der Waals surface area contributed by atoms with E-state index in [0.29, 0.717) is 12.3 Å². The summed E-state index contributed by atoms with van der Waals surface area (Å²) >= 11 is 1.63. The molecule has 0 fully saturated rings. The molecule has 21 heavy (non-hydrogen) atoms. The van der Waals surface area contributed by atoms with Gasteiger partial charge < -0.3 is 5.32 Å². The van der Waals surface area contributed by atoms with Crippen molar-refractivity contribution in [1.29, 1.82) is 5.26 Å². The quantitative estimate of drug-likeness (QED) is 0.591. The lowest BCUT2D eigenvalue weighted by atomic mass is 10.0. The van der Waals surface area contributed by atoms with E-state index >= 15 is 0 Å². The third-order valence-corrected chi connectivity index (χ3v) is 3.90. The fourth-order valence-corrected chi connectivity index (χ4v) is 2.37. The molecule has 0 aromatic heterocycles. The van der Waals surface area contributed by atoms with Crippen molar-refractivity contribution in [3.63, 3.8) is 0 Å². The molecular formula is C16H20N2O2S. The van der Waals surface area contributed by atoms with Gasteiger partial charge in [-0.3, -0.25) is 9.59 Å². The zero-order valence-electron chi connectivity index (χ0n) is 12.4. The Labute approximate surface area is 129 Å². The molecule has 1 N–H and O–H groups in total. The number of aryl methyl sites for hydroxylation is 1. The summed E-state index contributed by atoms with van der Waals surface area (Å²) in [4.78, 5) is 23.8. The zero-order chi connectivity index (χ0) is 15.7. The maximum absolute atomic E-state index is 11.9. The zero-order valence-corrected chi connectivity index (χ0v) is 13.2. The highest BCUT2D eigenvalue weighted by Gasteiger charge is 2.25. The number of benzene rings is 1. The summed E-state index contributed by atoms with van der Waals surface area (Å²) < 4.78 is 0. The summed E-state index contributed by atoms with van der Waals surface area (Å²) in [5, 5.41) is 11.7. The van der Waals surface area contributed by atoms with Crippen LogP contribution in [0.15, 0.2) is 24.3 Å². The maximum atomic E-state index is 11.9. The van der Waals surface area contributed by atoms with Gasteiger partial charge in [0.2, 0.25) is 5.91 Å². The SMILES string of the molecule is CCSCCC(=O)C(C#N)C(=O)NCc1ccc(C)cc1. The predicted octanol–water partition coefficient (Wildman–Crippen LogP) is 2.46. The first-order valence-electron chi connectivity index (χ1n) is 6.91. The molecule has 0 aliphatic carbocycles. The van der Waals surface area contributed by atoms with Gasteiger partial charge in [-0.15, -0.1) is 0 Å². The van der Waals surface area contributed by atoms with E-state index in [1.54, 1.807) is 17.8 Å². The van der Waals surface area contributed by atoms with Crippen molar-refractivity contribution in [2.24, 2.45) is 5.92 Å². The summed E-state index contributed by atoms with van der Waals surface area (Å²) in [5.41, 5.74) is 2.09. The van der Waals surface area contributed by atoms with Crippen LogP contribution in [0.1, 0.15) is 24.5 Å². The Kier molecular flexibility index (Phi) is 7.55. The van der Waals surface area contributed by atoms with Gasteiger partial charge in [0.25, 0.3) is 0 Å². The van der Waals surface area contributed by atoms with Crippen molar-refractivity contribution in [3.05, 3.63) is 35.4 Å². The van der Waals surface area contributed by atoms with Crippen molar-refractivity contribution in [1.82, 2.24) is 5.32 Å². The minimum Gasteiger partial charge on any atom is -0.350 e. The Bertz CT molecular complexity index is 520. The minimum atomic E-state index is -1.20. The second-order valence-corrected chi connectivity index (χ2v) is 6.07. The number of carbonyl (C=O) groups excluding carboxylic acids is 2. The molecule has 0 aliphatic heterocycles. The maximum Gasteiger partial charge on any atom is 0.245 e. The number of thioether (sulfide) groups is 1. The molecule has 0 saturated carbocycles. The van der Waals surface area contributed by atoms with Crippen LogP contribution >= 0.6 is 11.8 Å². The average molecular weight is 304 g/mol. The number of nitriles is 1. The van der Waals surface area contributed by atoms with Crippen LogP contribution < -0.4 is 5.32 Å². The molecule has 0 heterocycles. The monoisotopic (exact) mass is 304 g/mol. The minimum absolute atomic E-state index is 0.259. The number of nitrogens with zero attached hydrogens (tertiary/aromatic N) is 1. The Morgan fingerprint density at radius 3 is 2.57 bits per heavy atom. The van der Waals surface area contributed by atoms with E-state index in [-0.39, 0.29) is 12.2 Å². The standard InChI is InChI=1S/C16H20N2O2S/c1-3-21-9-8-15(19)14(10-17)16(20)18-11-13-6-4-12(2)5-7-13/h4-7,14H,3,8-9,11H2,1-2H3,(H,18,20). The summed E-state index contributed by atoms with van der Waals surface area (Å²) in [5.74, 6) is -0.444. The molecular weight excluding hydrogens is 284 g/mol. The van der Waals surface area contributed by atoms with Gasteiger partial charge in [-0.25, -0.2) is 0 Å². The summed E-state index contributed by atoms with van der Waals surface area (Å²) in [6, 6.07) is 9.54. The van der Waals surface area contributed by atoms with Crippen molar-refractivity contribution in [2.75, 3.05) is 11.5 Å². The summed E-state index contributed by atoms with van der Waals surface area (Å²) in [6.45, 7) is 4.32. The molecule has 0 saturated heterocycles. The lowest BCUT2D eigenvalue weighted by Gasteiger charge is -2.09. The van der Waals surface area contributed by atoms with E-state index in [0.717, 1.165) is 16.9 Å². The highest BCUT2D eigenvalue weighted by atomic mass is 32.2. The Balaban J connectivity index is 2.49. The summed E-state index contributed by atoms with van der Waals surface area (Å²) in [6.07, 6.45) is 0.259. The number of carbonyl (C=O) groups is 2. The number of amides is 1. The molecule has 112 valence electrons. The number of nitrogens with one attached hydrogen (secondary N) is 1. The molecule has 0 aliphatic rings. The van der Waals surface area contributed by atoms with Crippen LogP contribution in [0.2, 0.25) is 0 Å². The van der Waals surface area contributed by atoms with Gasteiger partial charge in [-0.1, -0.05) is 36.8 Å². The van der Waals surface area contributed by atoms with Gasteiger partial charge in [0, 0.05) is 18.7 Å². The fourth-order valence-electron chi connectivity index (χ4n) is 1.74. The molecule has 0 bridgehead atoms. The van der Waals surface area contributed by atoms with E-state index in [1.165, 1.54) is 0 Å². The van der Waals surface area contributed by atoms with Gasteiger partial charge in [-0.05, 0) is 18.2 Å². The number of hydrogen-bond donors (Lipinski definition) is 1. The highest BCUT2D eigenvalue weighted by molar-refractivity contribution is 7.99. The number of hydrogen-bond acceptors (Lipinski definition) is 4. The third kappa shape index (κ3) is 6.01. The smallest absolute Gasteiger partial charge is 0.245 e. The molecule has 4 nitrogen and oxygen atoms in total. The number of rotatable bonds is 8. The van der Waals surface area contributed by atoms with Gasteiger partial charge in [-0.2, -0.15) is 17.0 Å². The van der Waals surface area contributed by atoms with Crippen LogP contribution in [0.3, 0.4) is 0 Å². The lowest BCUT2D eigenvalue weighted by Crippen LogP contribution is -2.34. The van der Waals surface area contributed by atoms with Crippen LogP contribution in [-0.4, -0.2) is 23.2 Å². The molecule has 5 heteroatoms. The van der Waals surface area contributed by atoms with Crippen LogP contribution in [0, 0.1) is 24.2 Å². The van der Waals surface area contributed by atoms with Gasteiger partial charge in [0.05, 0.1) is 6.07 Å². The fraction of sp³-hybridized carbons (Fsp3) is 0.438. The summed E-state index contributed by atoms with van der Waals surface area (Å²) in [7, 11) is 0. The van der Waals surface area contributed by atoms with E-state index < -0.39 is 11.8 Å². The van der Waals surface area contributed by atoms with Crippen molar-refractivity contribution in [2.45, 2.75) is 26.8 Å². The van der Waals surface area contributed by atoms with Crippen LogP contribution in [0.5, 0.6) is 0 Å². The highest BCUT2D eigenvalue weighted by Crippen LogP contribution is 2.08. The van der Waals surface area contributed by atoms with Crippen LogP contribution in [-0.2, 0) is 16.1 Å². The first-order chi connectivity index (χ1) is 10.1. The van der Waals surface area contributed by atoms with E-state index in [2.05, 4.69) is 5.32 Å². The van der Waals surface area contributed by atoms with Gasteiger partial charge in [0.15, 0.2) is 11.7 Å². The largest absolute Gasteiger partial charge is 0.350 e. The Morgan fingerprint density at radius 2 is 2.00 bits per heavy atom. The van der Waals surface area contributed by atoms with Crippen molar-refractivity contribution >= 4 is 23.5 Å². The van der Waals surface area contributed by atoms with Gasteiger partial charge >= 0.3 is 0 Å². The first-order valence-corrected chi connectivity index (χ1v) is 8.07. The van der Waals surface area contributed by atoms with Crippen molar-refractivity contribution in [3.8, 4) is 6.07 Å². The molecule has 1 unspecified atom stereocenters. The average Bonchev–Trinajstić information content (AvgIpc) is 2.47.